The number of rotatable bonds is 49. The molecule has 0 radical (unpaired) electrons. The minimum Gasteiger partial charge on any atom is -0.445 e. The van der Waals surface area contributed by atoms with Crippen LogP contribution in [0.25, 0.3) is 0 Å². The average Bonchev–Trinajstić information content (AvgIpc) is 1.79. The maximum absolute atomic E-state index is 14.9. The van der Waals surface area contributed by atoms with E-state index in [1.807, 2.05) is 32.0 Å². The first-order valence-corrected chi connectivity index (χ1v) is 45.0. The maximum Gasteiger partial charge on any atom is 0.410 e. The van der Waals surface area contributed by atoms with Gasteiger partial charge in [0.25, 0.3) is 11.8 Å². The third kappa shape index (κ3) is 31.6. The lowest BCUT2D eigenvalue weighted by Crippen LogP contribution is -2.60. The van der Waals surface area contributed by atoms with Gasteiger partial charge >= 0.3 is 12.1 Å². The summed E-state index contributed by atoms with van der Waals surface area (Å²) in [5.74, 6) is -7.68. The van der Waals surface area contributed by atoms with Gasteiger partial charge < -0.3 is 82.7 Å². The summed E-state index contributed by atoms with van der Waals surface area (Å²) in [6, 6.07) is 15.1. The molecule has 5 rings (SSSR count). The van der Waals surface area contributed by atoms with E-state index in [2.05, 4.69) is 122 Å². The number of hydrogen-bond acceptors (Lipinski definition) is 18. The zero-order valence-corrected chi connectivity index (χ0v) is 77.1. The van der Waals surface area contributed by atoms with Gasteiger partial charge in [-0.25, -0.2) is 9.59 Å². The van der Waals surface area contributed by atoms with E-state index in [0.29, 0.717) is 117 Å². The molecule has 35 heteroatoms. The van der Waals surface area contributed by atoms with Gasteiger partial charge in [0.1, 0.15) is 30.8 Å². The number of nitrogens with one attached hydrogen (secondary N) is 9. The minimum absolute atomic E-state index is 0.0300. The van der Waals surface area contributed by atoms with Gasteiger partial charge in [-0.05, 0) is 117 Å². The number of unbranched alkanes of at least 4 members (excludes halogenated alkanes) is 2. The van der Waals surface area contributed by atoms with Crippen molar-refractivity contribution in [3.63, 3.8) is 0 Å². The zero-order chi connectivity index (χ0) is 88.3. The molecule has 2 aromatic heterocycles. The van der Waals surface area contributed by atoms with Crippen molar-refractivity contribution in [1.29, 1.82) is 0 Å². The van der Waals surface area contributed by atoms with E-state index in [9.17, 15) is 62.6 Å². The number of carbonyl (C=O) groups is 12. The smallest absolute Gasteiger partial charge is 0.410 e. The summed E-state index contributed by atoms with van der Waals surface area (Å²) >= 11 is 13.6. The topological polar surface area (TPSA) is 423 Å². The lowest BCUT2D eigenvalue weighted by molar-refractivity contribution is -0.148. The second-order valence-electron chi connectivity index (χ2n) is 31.2. The standard InChI is InChI=1S/C84H123Br4N15O16/c1-15-51(8)72(66(117-13)40-68(105)103-35-23-27-65(103)74(118-14)52(9)75(107)94-53(10)73(106)55-24-18-16-19-25-55)101(11)82(114)70(49(4)5)100-81(113)71(50(6)7)102(12)84(116)119-47-54-29-31-59(32-30-54)97-79(111)64(26-22-34-91-83(89)115)98-80(112)69(48(2)3)99-67(104)28-20-17-21-33-90-78(110)58(45-92-76(108)56-36-60(41-85)95-61(37-56)42-86)46-93-77(109)57-38-62(43-87)96-63(39-57)44-88/h16,18-19,24-25,29-32,36-39,48-53,58,64-66,69-74,106H,15,17,20-23,26-28,33-35,40-47H2,1-14H3,(H,90,110)(H,92,108)(H,93,109)(H,94,107)(H,97,111)(H,98,112)(H,99,104)(H,100,113)(H3,89,91,115)/t51-,52+,53+,64-,65-,66+,69-,70-,71-,72?,73+,74+/m0/s1. The third-order valence-electron chi connectivity index (χ3n) is 21.2. The highest BCUT2D eigenvalue weighted by Gasteiger charge is 2.44. The number of halogens is 4. The number of carbonyl (C=O) groups excluding carboxylic acids is 12. The highest BCUT2D eigenvalue weighted by atomic mass is 79.9. The Labute approximate surface area is 733 Å². The number of aromatic nitrogens is 2. The Hall–Kier alpha value is -8.22. The van der Waals surface area contributed by atoms with Crippen molar-refractivity contribution in [2.24, 2.45) is 41.2 Å². The summed E-state index contributed by atoms with van der Waals surface area (Å²) in [6.07, 6.45) is 0.152. The van der Waals surface area contributed by atoms with E-state index in [0.717, 1.165) is 0 Å². The van der Waals surface area contributed by atoms with Gasteiger partial charge in [0.05, 0.1) is 77.5 Å². The molecule has 0 spiro atoms. The van der Waals surface area contributed by atoms with Crippen LogP contribution < -0.4 is 53.6 Å². The predicted octanol–water partition coefficient (Wildman–Crippen LogP) is 9.11. The number of primary amides is 1. The van der Waals surface area contributed by atoms with Gasteiger partial charge in [-0.15, -0.1) is 0 Å². The molecule has 12 atom stereocenters. The largest absolute Gasteiger partial charge is 0.445 e. The van der Waals surface area contributed by atoms with Crippen LogP contribution in [0.4, 0.5) is 15.3 Å². The van der Waals surface area contributed by atoms with Crippen molar-refractivity contribution in [3.8, 4) is 0 Å². The van der Waals surface area contributed by atoms with Crippen LogP contribution in [-0.2, 0) is 80.5 Å². The first kappa shape index (κ1) is 101. The van der Waals surface area contributed by atoms with Crippen LogP contribution in [0.15, 0.2) is 78.9 Å². The second-order valence-corrected chi connectivity index (χ2v) is 33.5. The van der Waals surface area contributed by atoms with Crippen molar-refractivity contribution >= 4 is 141 Å². The van der Waals surface area contributed by atoms with Crippen LogP contribution in [0.2, 0.25) is 0 Å². The fourth-order valence-corrected chi connectivity index (χ4v) is 15.5. The van der Waals surface area contributed by atoms with Crippen LogP contribution in [0.3, 0.4) is 0 Å². The summed E-state index contributed by atoms with van der Waals surface area (Å²) < 4.78 is 17.8. The van der Waals surface area contributed by atoms with Crippen molar-refractivity contribution < 1.29 is 76.9 Å². The monoisotopic (exact) mass is 1910 g/mol. The molecule has 1 aliphatic heterocycles. The van der Waals surface area contributed by atoms with Gasteiger partial charge in [0.15, 0.2) is 0 Å². The summed E-state index contributed by atoms with van der Waals surface area (Å²) in [5, 5.41) is 38.0. The molecule has 1 fully saturated rings. The van der Waals surface area contributed by atoms with E-state index < -0.39 is 150 Å². The number of benzene rings is 2. The SMILES string of the molecule is CC[C@H](C)C([C@@H](CC(=O)N1CCC[C@H]1[C@H](OC)[C@@H](C)C(=O)N[C@H](C)[C@@H](O)c1ccccc1)OC)N(C)C(=O)[C@@H](NC(=O)[C@H](C(C)C)N(C)C(=O)OCc1ccc(NC(=O)[C@H](CCCNC(N)=O)NC(=O)[C@@H](NC(=O)CCCCCNC(=O)C(CNC(=O)c2cc(CBr)nc(CBr)c2)CNC(=O)c2cc(CBr)nc(CBr)c2)C(C)C)cc1)C(C)C. The summed E-state index contributed by atoms with van der Waals surface area (Å²) in [4.78, 5) is 179. The van der Waals surface area contributed by atoms with Crippen molar-refractivity contribution in [3.05, 3.63) is 124 Å². The number of nitrogens with zero attached hydrogens (tertiary/aromatic N) is 5. The van der Waals surface area contributed by atoms with E-state index in [4.69, 9.17) is 19.9 Å². The van der Waals surface area contributed by atoms with Crippen LogP contribution in [-0.4, -0.2) is 217 Å². The molecule has 0 aliphatic carbocycles. The molecule has 1 unspecified atom stereocenters. The number of likely N-dealkylation sites (tertiary alicyclic amines) is 1. The first-order valence-electron chi connectivity index (χ1n) is 40.5. The Morgan fingerprint density at radius 1 is 0.613 bits per heavy atom. The molecule has 0 saturated carbocycles. The Bertz CT molecular complexity index is 3890. The Morgan fingerprint density at radius 2 is 1.18 bits per heavy atom. The van der Waals surface area contributed by atoms with E-state index in [1.165, 1.54) is 26.2 Å². The molecule has 4 aromatic rings. The van der Waals surface area contributed by atoms with Gasteiger partial charge in [-0.2, -0.15) is 0 Å². The Balaban J connectivity index is 1.15. The number of alkyl halides is 4. The number of methoxy groups -OCH3 is 2. The number of aliphatic hydroxyl groups excluding tert-OH is 1. The second kappa shape index (κ2) is 51.5. The van der Waals surface area contributed by atoms with Gasteiger partial charge in [0, 0.05) is 106 Å². The van der Waals surface area contributed by atoms with Crippen LogP contribution in [0.5, 0.6) is 0 Å². The molecule has 119 heavy (non-hydrogen) atoms. The van der Waals surface area contributed by atoms with Gasteiger partial charge in [-0.1, -0.05) is 181 Å². The molecule has 658 valence electrons. The normalized spacial score (nSPS) is 15.5. The van der Waals surface area contributed by atoms with Crippen LogP contribution in [0.1, 0.15) is 194 Å². The zero-order valence-electron chi connectivity index (χ0n) is 70.8. The number of aliphatic hydroxyl groups is 1. The molecule has 31 nitrogen and oxygen atoms in total. The number of likely N-dealkylation sites (N-methyl/N-ethyl adjacent to an activating group) is 2. The molecule has 2 aromatic carbocycles. The lowest BCUT2D eigenvalue weighted by atomic mass is 9.89. The summed E-state index contributed by atoms with van der Waals surface area (Å²) in [6.45, 7) is 18.3. The summed E-state index contributed by atoms with van der Waals surface area (Å²) in [7, 11) is 6.07. The van der Waals surface area contributed by atoms with Crippen molar-refractivity contribution in [2.75, 3.05) is 66.4 Å². The molecule has 3 heterocycles. The van der Waals surface area contributed by atoms with Crippen LogP contribution in [0, 0.1) is 35.5 Å². The molecule has 13 amide bonds. The molecule has 0 bridgehead atoms. The average molecular weight is 1920 g/mol. The number of nitrogens with two attached hydrogens (primary N) is 1. The fraction of sp³-hybridized carbons (Fsp3) is 0.595. The van der Waals surface area contributed by atoms with Gasteiger partial charge in [-0.3, -0.25) is 62.8 Å². The van der Waals surface area contributed by atoms with Crippen molar-refractivity contribution in [1.82, 2.24) is 67.2 Å². The van der Waals surface area contributed by atoms with Gasteiger partial charge in [0.2, 0.25) is 47.3 Å². The maximum atomic E-state index is 14.9. The number of hydrogen-bond donors (Lipinski definition) is 11. The molecule has 1 saturated heterocycles. The van der Waals surface area contributed by atoms with Crippen molar-refractivity contribution in [2.45, 2.75) is 222 Å². The van der Waals surface area contributed by atoms with E-state index >= 15 is 0 Å². The lowest BCUT2D eigenvalue weighted by Gasteiger charge is -2.41. The predicted molar refractivity (Wildman–Crippen MR) is 468 cm³/mol. The Kier molecular flexibility index (Phi) is 43.9. The number of amides is 13. The van der Waals surface area contributed by atoms with E-state index in [-0.39, 0.29) is 76.2 Å². The Morgan fingerprint density at radius 3 is 1.69 bits per heavy atom. The summed E-state index contributed by atoms with van der Waals surface area (Å²) in [5.41, 5.74) is 10.1. The number of ether oxygens (including phenoxy) is 3. The number of anilines is 1. The molecule has 12 N–H and O–H groups in total. The minimum atomic E-state index is -1.16. The van der Waals surface area contributed by atoms with Crippen LogP contribution >= 0.6 is 63.7 Å². The highest BCUT2D eigenvalue weighted by molar-refractivity contribution is 9.09. The highest BCUT2D eigenvalue weighted by Crippen LogP contribution is 2.31. The van der Waals surface area contributed by atoms with E-state index in [1.54, 1.807) is 133 Å². The quantitative estimate of drug-likeness (QED) is 0.0145. The first-order chi connectivity index (χ1) is 56.6. The molecular weight excluding hydrogens is 1790 g/mol. The molecular formula is C84H123Br4N15O16. The number of urea groups is 1. The fourth-order valence-electron chi connectivity index (χ4n) is 14.4. The number of pyridine rings is 2. The molecule has 1 aliphatic rings. The third-order valence-corrected chi connectivity index (χ3v) is 23.5.